The van der Waals surface area contributed by atoms with Gasteiger partial charge in [0, 0.05) is 11.0 Å². The van der Waals surface area contributed by atoms with Gasteiger partial charge in [-0.05, 0) is 38.5 Å². The lowest BCUT2D eigenvalue weighted by Crippen LogP contribution is -2.33. The summed E-state index contributed by atoms with van der Waals surface area (Å²) in [5.41, 5.74) is 0.648. The Kier molecular flexibility index (Phi) is 5.82. The topological polar surface area (TPSA) is 76.2 Å². The van der Waals surface area contributed by atoms with Gasteiger partial charge in [-0.15, -0.1) is 0 Å². The number of benzene rings is 1. The van der Waals surface area contributed by atoms with Crippen LogP contribution >= 0.6 is 15.9 Å². The normalized spacial score (nSPS) is 14.6. The van der Waals surface area contributed by atoms with E-state index >= 15 is 0 Å². The maximum atomic E-state index is 12.2. The van der Waals surface area contributed by atoms with Gasteiger partial charge in [0.2, 0.25) is 0 Å². The van der Waals surface area contributed by atoms with Gasteiger partial charge >= 0.3 is 17.8 Å². The number of hydrogen-bond donors (Lipinski definition) is 0. The monoisotopic (exact) mass is 398 g/mol. The highest BCUT2D eigenvalue weighted by molar-refractivity contribution is 9.10. The molecule has 1 fully saturated rings. The van der Waals surface area contributed by atoms with Crippen molar-refractivity contribution in [2.45, 2.75) is 27.3 Å². The Morgan fingerprint density at radius 1 is 0.917 bits per heavy atom. The highest BCUT2D eigenvalue weighted by atomic mass is 79.9. The Morgan fingerprint density at radius 2 is 1.46 bits per heavy atom. The van der Waals surface area contributed by atoms with Crippen LogP contribution in [-0.4, -0.2) is 47.4 Å². The van der Waals surface area contributed by atoms with E-state index in [1.165, 1.54) is 0 Å². The molecule has 4 amide bonds. The van der Waals surface area contributed by atoms with Gasteiger partial charge in [0.15, 0.2) is 11.5 Å². The van der Waals surface area contributed by atoms with Crippen LogP contribution in [0.3, 0.4) is 0 Å². The molecule has 0 unspecified atom stereocenters. The molecule has 24 heavy (non-hydrogen) atoms. The first-order chi connectivity index (χ1) is 11.4. The molecule has 0 radical (unpaired) electrons. The summed E-state index contributed by atoms with van der Waals surface area (Å²) in [5.74, 6) is -0.522. The van der Waals surface area contributed by atoms with E-state index in [2.05, 4.69) is 15.9 Å². The third-order valence-corrected chi connectivity index (χ3v) is 4.23. The molecule has 1 saturated heterocycles. The van der Waals surface area contributed by atoms with Crippen molar-refractivity contribution in [2.24, 2.45) is 0 Å². The van der Waals surface area contributed by atoms with Crippen molar-refractivity contribution in [1.29, 1.82) is 0 Å². The van der Waals surface area contributed by atoms with Crippen molar-refractivity contribution in [1.82, 2.24) is 9.80 Å². The maximum absolute atomic E-state index is 12.2. The molecular formula is C16H19BrN2O5. The summed E-state index contributed by atoms with van der Waals surface area (Å²) >= 11 is 3.41. The predicted octanol–water partition coefficient (Wildman–Crippen LogP) is 2.56. The number of nitrogens with zero attached hydrogens (tertiary/aromatic N) is 2. The Bertz CT molecular complexity index is 677. The van der Waals surface area contributed by atoms with Crippen LogP contribution in [0.15, 0.2) is 16.6 Å². The molecule has 1 aromatic rings. The average Bonchev–Trinajstić information content (AvgIpc) is 2.75. The second kappa shape index (κ2) is 7.65. The first-order valence-electron chi connectivity index (χ1n) is 7.69. The van der Waals surface area contributed by atoms with Gasteiger partial charge in [0.25, 0.3) is 0 Å². The fourth-order valence-corrected chi connectivity index (χ4v) is 2.82. The van der Waals surface area contributed by atoms with E-state index in [-0.39, 0.29) is 13.1 Å². The van der Waals surface area contributed by atoms with Gasteiger partial charge in [-0.25, -0.2) is 4.79 Å². The van der Waals surface area contributed by atoms with Crippen LogP contribution in [-0.2, 0) is 16.1 Å². The zero-order chi connectivity index (χ0) is 17.9. The van der Waals surface area contributed by atoms with Gasteiger partial charge < -0.3 is 9.47 Å². The number of halogens is 1. The predicted molar refractivity (Wildman–Crippen MR) is 89.8 cm³/mol. The Hall–Kier alpha value is -2.09. The van der Waals surface area contributed by atoms with E-state index in [4.69, 9.17) is 9.47 Å². The van der Waals surface area contributed by atoms with Crippen molar-refractivity contribution in [3.63, 3.8) is 0 Å². The fraction of sp³-hybridized carbons (Fsp3) is 0.438. The highest BCUT2D eigenvalue weighted by Crippen LogP contribution is 2.35. The maximum Gasteiger partial charge on any atom is 0.334 e. The van der Waals surface area contributed by atoms with Crippen LogP contribution in [0.1, 0.15) is 26.3 Å². The summed E-state index contributed by atoms with van der Waals surface area (Å²) in [6.07, 6.45) is 0. The van der Waals surface area contributed by atoms with Gasteiger partial charge in [0.1, 0.15) is 0 Å². The van der Waals surface area contributed by atoms with E-state index in [1.807, 2.05) is 13.8 Å². The molecule has 1 aliphatic heterocycles. The molecule has 1 aliphatic rings. The second-order valence-electron chi connectivity index (χ2n) is 4.98. The summed E-state index contributed by atoms with van der Waals surface area (Å²) in [4.78, 5) is 37.9. The molecule has 2 rings (SSSR count). The first kappa shape index (κ1) is 18.3. The number of rotatable bonds is 7. The minimum atomic E-state index is -0.819. The minimum absolute atomic E-state index is 0.0209. The zero-order valence-electron chi connectivity index (χ0n) is 13.8. The number of hydrogen-bond acceptors (Lipinski definition) is 5. The lowest BCUT2D eigenvalue weighted by Gasteiger charge is -2.18. The second-order valence-corrected chi connectivity index (χ2v) is 5.83. The van der Waals surface area contributed by atoms with E-state index in [0.717, 1.165) is 9.80 Å². The molecule has 1 aromatic carbocycles. The molecule has 8 heteroatoms. The summed E-state index contributed by atoms with van der Waals surface area (Å²) in [7, 11) is 0. The van der Waals surface area contributed by atoms with Crippen molar-refractivity contribution in [2.75, 3.05) is 19.8 Å². The van der Waals surface area contributed by atoms with Gasteiger partial charge in [-0.1, -0.05) is 15.9 Å². The quantitative estimate of drug-likeness (QED) is 0.520. The summed E-state index contributed by atoms with van der Waals surface area (Å²) < 4.78 is 11.7. The average molecular weight is 399 g/mol. The smallest absolute Gasteiger partial charge is 0.334 e. The van der Waals surface area contributed by atoms with Gasteiger partial charge in [0.05, 0.1) is 19.8 Å². The van der Waals surface area contributed by atoms with Crippen molar-refractivity contribution < 1.29 is 23.9 Å². The number of carbonyl (C=O) groups is 3. The van der Waals surface area contributed by atoms with Crippen molar-refractivity contribution in [3.8, 4) is 11.5 Å². The number of imide groups is 2. The lowest BCUT2D eigenvalue weighted by molar-refractivity contribution is -0.143. The number of urea groups is 1. The summed E-state index contributed by atoms with van der Waals surface area (Å²) in [6.45, 7) is 6.43. The number of ether oxygens (including phenoxy) is 2. The van der Waals surface area contributed by atoms with E-state index in [9.17, 15) is 14.4 Å². The first-order valence-corrected chi connectivity index (χ1v) is 8.49. The lowest BCUT2D eigenvalue weighted by atomic mass is 10.2. The van der Waals surface area contributed by atoms with Crippen LogP contribution in [0, 0.1) is 0 Å². The SMILES string of the molecule is CCOc1cc(Br)c(CN2C(=O)C(=O)N(CC)C2=O)cc1OCC. The van der Waals surface area contributed by atoms with Gasteiger partial charge in [-0.2, -0.15) is 0 Å². The highest BCUT2D eigenvalue weighted by Gasteiger charge is 2.43. The molecular weight excluding hydrogens is 380 g/mol. The van der Waals surface area contributed by atoms with Crippen LogP contribution in [0.25, 0.3) is 0 Å². The molecule has 0 spiro atoms. The number of amides is 4. The summed E-state index contributed by atoms with van der Waals surface area (Å²) in [6, 6.07) is 2.83. The van der Waals surface area contributed by atoms with Crippen LogP contribution in [0.2, 0.25) is 0 Å². The fourth-order valence-electron chi connectivity index (χ4n) is 2.37. The van der Waals surface area contributed by atoms with E-state index in [0.29, 0.717) is 34.7 Å². The Morgan fingerprint density at radius 3 is 1.96 bits per heavy atom. The molecule has 7 nitrogen and oxygen atoms in total. The number of likely N-dealkylation sites (N-methyl/N-ethyl adjacent to an activating group) is 1. The molecule has 0 aromatic heterocycles. The third-order valence-electron chi connectivity index (χ3n) is 3.49. The molecule has 1 heterocycles. The molecule has 0 bridgehead atoms. The molecule has 0 saturated carbocycles. The van der Waals surface area contributed by atoms with E-state index in [1.54, 1.807) is 19.1 Å². The van der Waals surface area contributed by atoms with Crippen LogP contribution in [0.5, 0.6) is 11.5 Å². The molecule has 0 atom stereocenters. The van der Waals surface area contributed by atoms with Gasteiger partial charge in [-0.3, -0.25) is 19.4 Å². The molecule has 130 valence electrons. The molecule has 0 N–H and O–H groups in total. The van der Waals surface area contributed by atoms with Crippen LogP contribution < -0.4 is 9.47 Å². The number of carbonyl (C=O) groups excluding carboxylic acids is 3. The van der Waals surface area contributed by atoms with E-state index < -0.39 is 17.8 Å². The summed E-state index contributed by atoms with van der Waals surface area (Å²) in [5, 5.41) is 0. The van der Waals surface area contributed by atoms with Crippen molar-refractivity contribution >= 4 is 33.8 Å². The Balaban J connectivity index is 2.32. The third kappa shape index (κ3) is 3.38. The largest absolute Gasteiger partial charge is 0.490 e. The van der Waals surface area contributed by atoms with Crippen LogP contribution in [0.4, 0.5) is 4.79 Å². The molecule has 0 aliphatic carbocycles. The van der Waals surface area contributed by atoms with Crippen molar-refractivity contribution in [3.05, 3.63) is 22.2 Å². The zero-order valence-corrected chi connectivity index (χ0v) is 15.4. The Labute approximate surface area is 148 Å². The minimum Gasteiger partial charge on any atom is -0.490 e. The standard InChI is InChI=1S/C16H19BrN2O5/c1-4-18-14(20)15(21)19(16(18)22)9-10-7-12(23-5-2)13(24-6-3)8-11(10)17/h7-8H,4-6,9H2,1-3H3.